The minimum Gasteiger partial charge on any atom is -0.441 e. The van der Waals surface area contributed by atoms with E-state index in [0.717, 1.165) is 16.1 Å². The fourth-order valence-corrected chi connectivity index (χ4v) is 3.64. The fraction of sp³-hybridized carbons (Fsp3) is 0.227. The number of oxazole rings is 1. The third-order valence-electron chi connectivity index (χ3n) is 4.22. The molecule has 3 N–H and O–H groups in total. The number of rotatable bonds is 9. The van der Waals surface area contributed by atoms with Crippen LogP contribution in [-0.4, -0.2) is 22.6 Å². The van der Waals surface area contributed by atoms with Crippen molar-refractivity contribution in [1.82, 2.24) is 4.98 Å². The Hall–Kier alpha value is -3.06. The fourth-order valence-electron chi connectivity index (χ4n) is 2.67. The smallest absolute Gasteiger partial charge is 0.224 e. The standard InChI is InChI=1S/C22H23N3O3S/c1-15-6-8-16(9-7-15)18-14-24-22(28-18)11-10-21(27)25-17-4-2-3-5-19(17)29-13-12-20(23)26/h2-9,14H,10-13H2,1H3,(H2,23,26)(H,25,27). The van der Waals surface area contributed by atoms with Crippen LogP contribution in [0.2, 0.25) is 0 Å². The number of hydrogen-bond acceptors (Lipinski definition) is 5. The number of nitrogens with two attached hydrogens (primary N) is 1. The second kappa shape index (κ2) is 9.93. The molecule has 3 aromatic rings. The molecule has 0 spiro atoms. The van der Waals surface area contributed by atoms with Crippen LogP contribution in [0.4, 0.5) is 5.69 Å². The number of nitrogens with zero attached hydrogens (tertiary/aromatic N) is 1. The molecule has 2 aromatic carbocycles. The SMILES string of the molecule is Cc1ccc(-c2cnc(CCC(=O)Nc3ccccc3SCCC(N)=O)o2)cc1. The summed E-state index contributed by atoms with van der Waals surface area (Å²) in [7, 11) is 0. The molecule has 0 atom stereocenters. The van der Waals surface area contributed by atoms with Gasteiger partial charge in [-0.3, -0.25) is 9.59 Å². The van der Waals surface area contributed by atoms with E-state index in [1.807, 2.05) is 55.5 Å². The highest BCUT2D eigenvalue weighted by atomic mass is 32.2. The first-order chi connectivity index (χ1) is 14.0. The molecular formula is C22H23N3O3S. The maximum absolute atomic E-state index is 12.4. The molecule has 0 aliphatic heterocycles. The molecule has 1 aromatic heterocycles. The number of primary amides is 1. The van der Waals surface area contributed by atoms with Crippen LogP contribution in [0, 0.1) is 6.92 Å². The van der Waals surface area contributed by atoms with Gasteiger partial charge in [-0.25, -0.2) is 4.98 Å². The van der Waals surface area contributed by atoms with Gasteiger partial charge in [0.25, 0.3) is 0 Å². The van der Waals surface area contributed by atoms with Crippen LogP contribution in [0.25, 0.3) is 11.3 Å². The number of carbonyl (C=O) groups is 2. The summed E-state index contributed by atoms with van der Waals surface area (Å²) in [5, 5.41) is 2.92. The van der Waals surface area contributed by atoms with Crippen LogP contribution in [-0.2, 0) is 16.0 Å². The average Bonchev–Trinajstić information content (AvgIpc) is 3.17. The van der Waals surface area contributed by atoms with Crippen molar-refractivity contribution in [3.05, 3.63) is 66.2 Å². The zero-order chi connectivity index (χ0) is 20.6. The number of anilines is 1. The Kier molecular flexibility index (Phi) is 7.08. The zero-order valence-corrected chi connectivity index (χ0v) is 17.0. The summed E-state index contributed by atoms with van der Waals surface area (Å²) in [5.74, 6) is 1.33. The van der Waals surface area contributed by atoms with Crippen LogP contribution < -0.4 is 11.1 Å². The summed E-state index contributed by atoms with van der Waals surface area (Å²) in [4.78, 5) is 28.5. The number of aryl methyl sites for hydroxylation is 2. The van der Waals surface area contributed by atoms with E-state index >= 15 is 0 Å². The van der Waals surface area contributed by atoms with Gasteiger partial charge >= 0.3 is 0 Å². The Balaban J connectivity index is 1.54. The summed E-state index contributed by atoms with van der Waals surface area (Å²) >= 11 is 1.49. The average molecular weight is 410 g/mol. The van der Waals surface area contributed by atoms with Crippen LogP contribution in [0.1, 0.15) is 24.3 Å². The number of hydrogen-bond donors (Lipinski definition) is 2. The normalized spacial score (nSPS) is 10.7. The summed E-state index contributed by atoms with van der Waals surface area (Å²) in [6.07, 6.45) is 2.64. The van der Waals surface area contributed by atoms with Gasteiger partial charge in [0.2, 0.25) is 11.8 Å². The van der Waals surface area contributed by atoms with Crippen molar-refractivity contribution < 1.29 is 14.0 Å². The van der Waals surface area contributed by atoms with Crippen LogP contribution in [0.5, 0.6) is 0 Å². The van der Waals surface area contributed by atoms with Gasteiger partial charge in [0.15, 0.2) is 11.7 Å². The summed E-state index contributed by atoms with van der Waals surface area (Å²) in [5.41, 5.74) is 8.04. The van der Waals surface area contributed by atoms with E-state index in [4.69, 9.17) is 10.2 Å². The van der Waals surface area contributed by atoms with E-state index in [1.165, 1.54) is 17.3 Å². The number of para-hydroxylation sites is 1. The predicted molar refractivity (Wildman–Crippen MR) is 115 cm³/mol. The molecule has 1 heterocycles. The number of aromatic nitrogens is 1. The number of thioether (sulfide) groups is 1. The van der Waals surface area contributed by atoms with Crippen molar-refractivity contribution in [3.63, 3.8) is 0 Å². The number of amides is 2. The number of benzene rings is 2. The lowest BCUT2D eigenvalue weighted by atomic mass is 10.1. The van der Waals surface area contributed by atoms with Crippen LogP contribution in [0.3, 0.4) is 0 Å². The second-order valence-corrected chi connectivity index (χ2v) is 7.73. The molecule has 150 valence electrons. The van der Waals surface area contributed by atoms with Gasteiger partial charge < -0.3 is 15.5 Å². The second-order valence-electron chi connectivity index (χ2n) is 6.59. The summed E-state index contributed by atoms with van der Waals surface area (Å²) in [6.45, 7) is 2.03. The topological polar surface area (TPSA) is 98.2 Å². The van der Waals surface area contributed by atoms with Crippen molar-refractivity contribution >= 4 is 29.3 Å². The van der Waals surface area contributed by atoms with E-state index in [2.05, 4.69) is 10.3 Å². The molecule has 0 radical (unpaired) electrons. The van der Waals surface area contributed by atoms with Gasteiger partial charge in [-0.1, -0.05) is 42.0 Å². The Bertz CT molecular complexity index is 983. The lowest BCUT2D eigenvalue weighted by Gasteiger charge is -2.10. The summed E-state index contributed by atoms with van der Waals surface area (Å²) < 4.78 is 5.77. The van der Waals surface area contributed by atoms with Crippen molar-refractivity contribution in [2.45, 2.75) is 31.1 Å². The Morgan fingerprint density at radius 2 is 1.86 bits per heavy atom. The maximum atomic E-state index is 12.4. The molecule has 2 amide bonds. The van der Waals surface area contributed by atoms with E-state index in [9.17, 15) is 9.59 Å². The quantitative estimate of drug-likeness (QED) is 0.517. The Labute approximate surface area is 173 Å². The van der Waals surface area contributed by atoms with E-state index in [-0.39, 0.29) is 18.2 Å². The van der Waals surface area contributed by atoms with Gasteiger partial charge in [0.1, 0.15) is 0 Å². The molecule has 29 heavy (non-hydrogen) atoms. The lowest BCUT2D eigenvalue weighted by Crippen LogP contribution is -2.13. The molecule has 0 saturated heterocycles. The molecule has 0 aliphatic rings. The predicted octanol–water partition coefficient (Wildman–Crippen LogP) is 4.19. The molecule has 0 aliphatic carbocycles. The molecular weight excluding hydrogens is 386 g/mol. The zero-order valence-electron chi connectivity index (χ0n) is 16.2. The molecule has 0 bridgehead atoms. The first-order valence-corrected chi connectivity index (χ1v) is 10.3. The molecule has 7 heteroatoms. The minimum absolute atomic E-state index is 0.122. The number of nitrogens with one attached hydrogen (secondary N) is 1. The molecule has 0 saturated carbocycles. The number of carbonyl (C=O) groups excluding carboxylic acids is 2. The van der Waals surface area contributed by atoms with E-state index in [1.54, 1.807) is 6.20 Å². The van der Waals surface area contributed by atoms with Gasteiger partial charge in [0, 0.05) is 35.5 Å². The van der Waals surface area contributed by atoms with Crippen molar-refractivity contribution in [2.24, 2.45) is 5.73 Å². The lowest BCUT2D eigenvalue weighted by molar-refractivity contribution is -0.118. The Morgan fingerprint density at radius 1 is 1.10 bits per heavy atom. The highest BCUT2D eigenvalue weighted by Crippen LogP contribution is 2.27. The van der Waals surface area contributed by atoms with Crippen molar-refractivity contribution in [2.75, 3.05) is 11.1 Å². The monoisotopic (exact) mass is 409 g/mol. The Morgan fingerprint density at radius 3 is 2.62 bits per heavy atom. The molecule has 0 fully saturated rings. The highest BCUT2D eigenvalue weighted by molar-refractivity contribution is 7.99. The minimum atomic E-state index is -0.338. The summed E-state index contributed by atoms with van der Waals surface area (Å²) in [6, 6.07) is 15.5. The third-order valence-corrected chi connectivity index (χ3v) is 5.30. The van der Waals surface area contributed by atoms with Crippen molar-refractivity contribution in [1.29, 1.82) is 0 Å². The van der Waals surface area contributed by atoms with Gasteiger partial charge in [0.05, 0.1) is 11.9 Å². The van der Waals surface area contributed by atoms with Crippen LogP contribution in [0.15, 0.2) is 64.0 Å². The van der Waals surface area contributed by atoms with Crippen molar-refractivity contribution in [3.8, 4) is 11.3 Å². The van der Waals surface area contributed by atoms with E-state index < -0.39 is 0 Å². The van der Waals surface area contributed by atoms with Gasteiger partial charge in [-0.2, -0.15) is 0 Å². The van der Waals surface area contributed by atoms with Crippen LogP contribution >= 0.6 is 11.8 Å². The van der Waals surface area contributed by atoms with E-state index in [0.29, 0.717) is 30.2 Å². The molecule has 3 rings (SSSR count). The maximum Gasteiger partial charge on any atom is 0.224 e. The molecule has 6 nitrogen and oxygen atoms in total. The highest BCUT2D eigenvalue weighted by Gasteiger charge is 2.11. The third kappa shape index (κ3) is 6.22. The molecule has 0 unspecified atom stereocenters. The first kappa shape index (κ1) is 20.7. The van der Waals surface area contributed by atoms with Gasteiger partial charge in [-0.05, 0) is 19.1 Å². The first-order valence-electron chi connectivity index (χ1n) is 9.33. The van der Waals surface area contributed by atoms with Gasteiger partial charge in [-0.15, -0.1) is 11.8 Å². The largest absolute Gasteiger partial charge is 0.441 e.